The van der Waals surface area contributed by atoms with Crippen molar-refractivity contribution in [3.05, 3.63) is 34.4 Å². The average molecular weight is 247 g/mol. The summed E-state index contributed by atoms with van der Waals surface area (Å²) in [5.41, 5.74) is 4.69. The van der Waals surface area contributed by atoms with Gasteiger partial charge in [-0.3, -0.25) is 0 Å². The van der Waals surface area contributed by atoms with Crippen LogP contribution in [-0.4, -0.2) is 35.2 Å². The molecule has 1 fully saturated rings. The Labute approximate surface area is 111 Å². The number of benzene rings is 1. The van der Waals surface area contributed by atoms with E-state index in [1.54, 1.807) is 0 Å². The highest BCUT2D eigenvalue weighted by molar-refractivity contribution is 5.38. The Morgan fingerprint density at radius 1 is 1.28 bits per heavy atom. The molecule has 1 N–H and O–H groups in total. The van der Waals surface area contributed by atoms with Crippen LogP contribution in [0.4, 0.5) is 0 Å². The monoisotopic (exact) mass is 247 g/mol. The molecule has 0 aliphatic carbocycles. The van der Waals surface area contributed by atoms with Crippen LogP contribution in [0.2, 0.25) is 0 Å². The van der Waals surface area contributed by atoms with E-state index < -0.39 is 5.60 Å². The van der Waals surface area contributed by atoms with Crippen LogP contribution in [0.1, 0.15) is 35.6 Å². The Morgan fingerprint density at radius 2 is 1.83 bits per heavy atom. The van der Waals surface area contributed by atoms with Crippen LogP contribution in [0.3, 0.4) is 0 Å². The Kier molecular flexibility index (Phi) is 3.52. The van der Waals surface area contributed by atoms with E-state index in [9.17, 15) is 5.11 Å². The van der Waals surface area contributed by atoms with Gasteiger partial charge in [0.25, 0.3) is 0 Å². The summed E-state index contributed by atoms with van der Waals surface area (Å²) in [6.07, 6.45) is 1.65. The van der Waals surface area contributed by atoms with Gasteiger partial charge >= 0.3 is 0 Å². The Bertz CT molecular complexity index is 419. The number of rotatable bonds is 2. The standard InChI is InChI=1S/C16H25NO/c1-11-6-12(2)15(13(3)7-11)9-16(18)8-14(4)17(5)10-16/h6-7,14,18H,8-10H2,1-5H3. The minimum atomic E-state index is -0.557. The number of β-amino-alcohol motifs (C(OH)–C–C–N with tert-alkyl or cyclic N) is 1. The molecule has 0 bridgehead atoms. The summed E-state index contributed by atoms with van der Waals surface area (Å²) < 4.78 is 0. The number of likely N-dealkylation sites (tertiary alicyclic amines) is 1. The Balaban J connectivity index is 2.25. The van der Waals surface area contributed by atoms with Crippen LogP contribution in [0.15, 0.2) is 12.1 Å². The molecule has 1 heterocycles. The molecular formula is C16H25NO. The molecule has 2 atom stereocenters. The molecule has 2 nitrogen and oxygen atoms in total. The van der Waals surface area contributed by atoms with Crippen LogP contribution in [0, 0.1) is 20.8 Å². The molecule has 1 aromatic carbocycles. The first-order valence-electron chi connectivity index (χ1n) is 6.80. The lowest BCUT2D eigenvalue weighted by atomic mass is 9.87. The van der Waals surface area contributed by atoms with Gasteiger partial charge in [-0.15, -0.1) is 0 Å². The summed E-state index contributed by atoms with van der Waals surface area (Å²) in [5.74, 6) is 0. The first kappa shape index (κ1) is 13.6. The maximum Gasteiger partial charge on any atom is 0.0829 e. The van der Waals surface area contributed by atoms with Gasteiger partial charge in [-0.05, 0) is 57.9 Å². The highest BCUT2D eigenvalue weighted by atomic mass is 16.3. The van der Waals surface area contributed by atoms with E-state index in [-0.39, 0.29) is 0 Å². The molecule has 0 radical (unpaired) electrons. The van der Waals surface area contributed by atoms with Gasteiger partial charge in [0.05, 0.1) is 5.60 Å². The Morgan fingerprint density at radius 3 is 2.28 bits per heavy atom. The summed E-state index contributed by atoms with van der Waals surface area (Å²) in [6.45, 7) is 9.40. The Hall–Kier alpha value is -0.860. The topological polar surface area (TPSA) is 23.5 Å². The lowest BCUT2D eigenvalue weighted by Gasteiger charge is -2.24. The van der Waals surface area contributed by atoms with Crippen molar-refractivity contribution in [2.24, 2.45) is 0 Å². The molecule has 0 aromatic heterocycles. The van der Waals surface area contributed by atoms with Crippen molar-refractivity contribution < 1.29 is 5.11 Å². The molecule has 18 heavy (non-hydrogen) atoms. The first-order valence-corrected chi connectivity index (χ1v) is 6.80. The SMILES string of the molecule is Cc1cc(C)c(CC2(O)CC(C)N(C)C2)c(C)c1. The van der Waals surface area contributed by atoms with Crippen LogP contribution in [0.5, 0.6) is 0 Å². The minimum absolute atomic E-state index is 0.473. The number of likely N-dealkylation sites (N-methyl/N-ethyl adjacent to an activating group) is 1. The molecule has 1 saturated heterocycles. The predicted molar refractivity (Wildman–Crippen MR) is 76.0 cm³/mol. The maximum atomic E-state index is 10.8. The van der Waals surface area contributed by atoms with Gasteiger partial charge in [0.1, 0.15) is 0 Å². The largest absolute Gasteiger partial charge is 0.388 e. The summed E-state index contributed by atoms with van der Waals surface area (Å²) in [5, 5.41) is 10.8. The van der Waals surface area contributed by atoms with Crippen molar-refractivity contribution in [1.29, 1.82) is 0 Å². The van der Waals surface area contributed by atoms with Gasteiger partial charge in [-0.1, -0.05) is 17.7 Å². The second-order valence-electron chi connectivity index (χ2n) is 6.25. The number of aryl methyl sites for hydroxylation is 3. The van der Waals surface area contributed by atoms with Gasteiger partial charge < -0.3 is 10.0 Å². The van der Waals surface area contributed by atoms with Crippen molar-refractivity contribution in [2.45, 2.75) is 52.2 Å². The van der Waals surface area contributed by atoms with Gasteiger partial charge in [0, 0.05) is 19.0 Å². The first-order chi connectivity index (χ1) is 8.31. The number of hydrogen-bond acceptors (Lipinski definition) is 2. The molecule has 0 saturated carbocycles. The maximum absolute atomic E-state index is 10.8. The predicted octanol–water partition coefficient (Wildman–Crippen LogP) is 2.61. The van der Waals surface area contributed by atoms with Crippen molar-refractivity contribution in [3.63, 3.8) is 0 Å². The van der Waals surface area contributed by atoms with Gasteiger partial charge in [-0.2, -0.15) is 0 Å². The molecule has 2 unspecified atom stereocenters. The fourth-order valence-corrected chi connectivity index (χ4v) is 3.34. The van der Waals surface area contributed by atoms with E-state index >= 15 is 0 Å². The molecule has 1 aliphatic heterocycles. The van der Waals surface area contributed by atoms with Crippen LogP contribution in [-0.2, 0) is 6.42 Å². The van der Waals surface area contributed by atoms with Crippen LogP contribution < -0.4 is 0 Å². The van der Waals surface area contributed by atoms with Crippen molar-refractivity contribution in [3.8, 4) is 0 Å². The molecular weight excluding hydrogens is 222 g/mol. The summed E-state index contributed by atoms with van der Waals surface area (Å²) in [6, 6.07) is 4.91. The second-order valence-corrected chi connectivity index (χ2v) is 6.25. The molecule has 1 aliphatic rings. The summed E-state index contributed by atoms with van der Waals surface area (Å²) in [4.78, 5) is 2.25. The smallest absolute Gasteiger partial charge is 0.0829 e. The highest BCUT2D eigenvalue weighted by Crippen LogP contribution is 2.31. The minimum Gasteiger partial charge on any atom is -0.388 e. The molecule has 2 heteroatoms. The average Bonchev–Trinajstić information content (AvgIpc) is 2.47. The van der Waals surface area contributed by atoms with Gasteiger partial charge in [0.15, 0.2) is 0 Å². The molecule has 0 amide bonds. The second kappa shape index (κ2) is 4.67. The van der Waals surface area contributed by atoms with Crippen molar-refractivity contribution in [1.82, 2.24) is 4.90 Å². The van der Waals surface area contributed by atoms with Gasteiger partial charge in [-0.25, -0.2) is 0 Å². The molecule has 0 spiro atoms. The summed E-state index contributed by atoms with van der Waals surface area (Å²) >= 11 is 0. The third-order valence-corrected chi connectivity index (χ3v) is 4.32. The van der Waals surface area contributed by atoms with Crippen molar-refractivity contribution >= 4 is 0 Å². The normalized spacial score (nSPS) is 28.9. The highest BCUT2D eigenvalue weighted by Gasteiger charge is 2.39. The number of nitrogens with zero attached hydrogens (tertiary/aromatic N) is 1. The zero-order valence-corrected chi connectivity index (χ0v) is 12.2. The van der Waals surface area contributed by atoms with E-state index in [1.165, 1.54) is 22.3 Å². The zero-order valence-electron chi connectivity index (χ0n) is 12.2. The van der Waals surface area contributed by atoms with E-state index in [0.717, 1.165) is 19.4 Å². The lowest BCUT2D eigenvalue weighted by molar-refractivity contribution is 0.0517. The third-order valence-electron chi connectivity index (χ3n) is 4.32. The zero-order chi connectivity index (χ0) is 13.5. The fourth-order valence-electron chi connectivity index (χ4n) is 3.34. The quantitative estimate of drug-likeness (QED) is 0.868. The fraction of sp³-hybridized carbons (Fsp3) is 0.625. The van der Waals surface area contributed by atoms with E-state index in [4.69, 9.17) is 0 Å². The van der Waals surface area contributed by atoms with E-state index in [1.807, 2.05) is 0 Å². The lowest BCUT2D eigenvalue weighted by Crippen LogP contribution is -2.34. The van der Waals surface area contributed by atoms with Gasteiger partial charge in [0.2, 0.25) is 0 Å². The van der Waals surface area contributed by atoms with E-state index in [0.29, 0.717) is 6.04 Å². The van der Waals surface area contributed by atoms with Crippen LogP contribution in [0.25, 0.3) is 0 Å². The number of hydrogen-bond donors (Lipinski definition) is 1. The van der Waals surface area contributed by atoms with Crippen LogP contribution >= 0.6 is 0 Å². The molecule has 100 valence electrons. The summed E-state index contributed by atoms with van der Waals surface area (Å²) in [7, 11) is 2.09. The number of aliphatic hydroxyl groups is 1. The molecule has 2 rings (SSSR count). The molecule has 1 aromatic rings. The van der Waals surface area contributed by atoms with Crippen molar-refractivity contribution in [2.75, 3.05) is 13.6 Å². The van der Waals surface area contributed by atoms with E-state index in [2.05, 4.69) is 51.8 Å². The third kappa shape index (κ3) is 2.60.